The topological polar surface area (TPSA) is 55.1 Å². The van der Waals surface area contributed by atoms with Gasteiger partial charge in [-0.2, -0.15) is 0 Å². The first-order valence-electron chi connectivity index (χ1n) is 7.01. The average Bonchev–Trinajstić information content (AvgIpc) is 3.11. The molecule has 1 aromatic carbocycles. The zero-order valence-corrected chi connectivity index (χ0v) is 12.1. The molecule has 0 saturated heterocycles. The van der Waals surface area contributed by atoms with Crippen LogP contribution in [0.5, 0.6) is 0 Å². The summed E-state index contributed by atoms with van der Waals surface area (Å²) in [5.74, 6) is 0.0647. The average molecular weight is 260 g/mol. The summed E-state index contributed by atoms with van der Waals surface area (Å²) in [7, 11) is 0. The molecule has 3 nitrogen and oxygen atoms in total. The highest BCUT2D eigenvalue weighted by Crippen LogP contribution is 2.24. The van der Waals surface area contributed by atoms with Gasteiger partial charge in [0.1, 0.15) is 0 Å². The Balaban J connectivity index is 1.94. The van der Waals surface area contributed by atoms with Gasteiger partial charge in [-0.1, -0.05) is 45.0 Å². The van der Waals surface area contributed by atoms with Crippen LogP contribution in [-0.2, 0) is 10.2 Å². The van der Waals surface area contributed by atoms with E-state index in [2.05, 4.69) is 38.2 Å². The van der Waals surface area contributed by atoms with Crippen molar-refractivity contribution < 1.29 is 4.79 Å². The van der Waals surface area contributed by atoms with Crippen molar-refractivity contribution in [2.75, 3.05) is 0 Å². The lowest BCUT2D eigenvalue weighted by atomic mass is 9.86. The standard InChI is InChI=1S/C16H24N2O/c1-16(2,3)12-6-4-11(5-7-12)14(17)10-15(19)18-13-8-9-13/h4-7,13-14H,8-10,17H2,1-3H3,(H,18,19). The van der Waals surface area contributed by atoms with E-state index >= 15 is 0 Å². The first-order chi connectivity index (χ1) is 8.86. The molecule has 0 aliphatic heterocycles. The van der Waals surface area contributed by atoms with Gasteiger partial charge in [0.15, 0.2) is 0 Å². The van der Waals surface area contributed by atoms with E-state index in [-0.39, 0.29) is 17.4 Å². The Morgan fingerprint density at radius 3 is 2.37 bits per heavy atom. The fourth-order valence-corrected chi connectivity index (χ4v) is 2.06. The Kier molecular flexibility index (Phi) is 3.95. The number of hydrogen-bond acceptors (Lipinski definition) is 2. The maximum absolute atomic E-state index is 11.7. The summed E-state index contributed by atoms with van der Waals surface area (Å²) in [6.45, 7) is 6.56. The Hall–Kier alpha value is -1.35. The van der Waals surface area contributed by atoms with Gasteiger partial charge in [0.05, 0.1) is 0 Å². The maximum Gasteiger partial charge on any atom is 0.222 e. The third-order valence-corrected chi connectivity index (χ3v) is 3.55. The molecule has 1 unspecified atom stereocenters. The molecule has 19 heavy (non-hydrogen) atoms. The van der Waals surface area contributed by atoms with E-state index in [1.165, 1.54) is 5.56 Å². The van der Waals surface area contributed by atoms with Crippen molar-refractivity contribution in [3.8, 4) is 0 Å². The van der Waals surface area contributed by atoms with E-state index in [0.29, 0.717) is 12.5 Å². The second kappa shape index (κ2) is 5.33. The normalized spacial score (nSPS) is 17.1. The number of carbonyl (C=O) groups excluding carboxylic acids is 1. The molecule has 3 heteroatoms. The van der Waals surface area contributed by atoms with E-state index in [1.807, 2.05) is 12.1 Å². The van der Waals surface area contributed by atoms with Crippen LogP contribution < -0.4 is 11.1 Å². The van der Waals surface area contributed by atoms with Crippen LogP contribution in [0.25, 0.3) is 0 Å². The van der Waals surface area contributed by atoms with E-state index < -0.39 is 0 Å². The van der Waals surface area contributed by atoms with Crippen LogP contribution >= 0.6 is 0 Å². The number of hydrogen-bond donors (Lipinski definition) is 2. The molecule has 0 radical (unpaired) electrons. The number of carbonyl (C=O) groups is 1. The van der Waals surface area contributed by atoms with Crippen molar-refractivity contribution in [3.05, 3.63) is 35.4 Å². The van der Waals surface area contributed by atoms with Crippen molar-refractivity contribution in [2.45, 2.75) is 57.5 Å². The lowest BCUT2D eigenvalue weighted by Crippen LogP contribution is -2.29. The summed E-state index contributed by atoms with van der Waals surface area (Å²) in [5.41, 5.74) is 8.55. The Labute approximate surface area is 115 Å². The minimum Gasteiger partial charge on any atom is -0.353 e. The molecule has 0 aromatic heterocycles. The number of benzene rings is 1. The van der Waals surface area contributed by atoms with E-state index in [0.717, 1.165) is 18.4 Å². The van der Waals surface area contributed by atoms with Gasteiger partial charge in [0, 0.05) is 18.5 Å². The summed E-state index contributed by atoms with van der Waals surface area (Å²) in [5, 5.41) is 2.97. The fraction of sp³-hybridized carbons (Fsp3) is 0.562. The zero-order chi connectivity index (χ0) is 14.0. The third kappa shape index (κ3) is 4.06. The van der Waals surface area contributed by atoms with Gasteiger partial charge in [-0.25, -0.2) is 0 Å². The molecule has 0 bridgehead atoms. The maximum atomic E-state index is 11.7. The third-order valence-electron chi connectivity index (χ3n) is 3.55. The molecule has 1 fully saturated rings. The highest BCUT2D eigenvalue weighted by molar-refractivity contribution is 5.77. The SMILES string of the molecule is CC(C)(C)c1ccc(C(N)CC(=O)NC2CC2)cc1. The molecule has 1 atom stereocenters. The van der Waals surface area contributed by atoms with Gasteiger partial charge in [-0.3, -0.25) is 4.79 Å². The summed E-state index contributed by atoms with van der Waals surface area (Å²) < 4.78 is 0. The van der Waals surface area contributed by atoms with Crippen LogP contribution in [0.15, 0.2) is 24.3 Å². The zero-order valence-electron chi connectivity index (χ0n) is 12.1. The van der Waals surface area contributed by atoms with Gasteiger partial charge in [0.25, 0.3) is 0 Å². The summed E-state index contributed by atoms with van der Waals surface area (Å²) in [6.07, 6.45) is 2.59. The van der Waals surface area contributed by atoms with E-state index in [1.54, 1.807) is 0 Å². The Bertz CT molecular complexity index is 441. The number of rotatable bonds is 4. The molecule has 2 rings (SSSR count). The van der Waals surface area contributed by atoms with Crippen LogP contribution in [0, 0.1) is 0 Å². The Morgan fingerprint density at radius 1 is 1.32 bits per heavy atom. The van der Waals surface area contributed by atoms with Gasteiger partial charge >= 0.3 is 0 Å². The fourth-order valence-electron chi connectivity index (χ4n) is 2.06. The minimum absolute atomic E-state index is 0.0647. The van der Waals surface area contributed by atoms with Crippen LogP contribution in [0.4, 0.5) is 0 Å². The summed E-state index contributed by atoms with van der Waals surface area (Å²) >= 11 is 0. The molecule has 0 heterocycles. The van der Waals surface area contributed by atoms with Crippen LogP contribution in [0.3, 0.4) is 0 Å². The van der Waals surface area contributed by atoms with Crippen molar-refractivity contribution >= 4 is 5.91 Å². The molecule has 3 N–H and O–H groups in total. The minimum atomic E-state index is -0.215. The predicted molar refractivity (Wildman–Crippen MR) is 77.9 cm³/mol. The molecule has 1 amide bonds. The summed E-state index contributed by atoms with van der Waals surface area (Å²) in [4.78, 5) is 11.7. The van der Waals surface area contributed by atoms with E-state index in [4.69, 9.17) is 5.73 Å². The highest BCUT2D eigenvalue weighted by Gasteiger charge is 2.24. The second-order valence-corrected chi connectivity index (χ2v) is 6.52. The molecule has 1 aliphatic rings. The quantitative estimate of drug-likeness (QED) is 0.874. The molecular weight excluding hydrogens is 236 g/mol. The van der Waals surface area contributed by atoms with Gasteiger partial charge in [0.2, 0.25) is 5.91 Å². The monoisotopic (exact) mass is 260 g/mol. The molecule has 0 spiro atoms. The second-order valence-electron chi connectivity index (χ2n) is 6.52. The van der Waals surface area contributed by atoms with Crippen LogP contribution in [0.1, 0.15) is 57.2 Å². The van der Waals surface area contributed by atoms with Crippen molar-refractivity contribution in [2.24, 2.45) is 5.73 Å². The van der Waals surface area contributed by atoms with Crippen molar-refractivity contribution in [1.82, 2.24) is 5.32 Å². The van der Waals surface area contributed by atoms with E-state index in [9.17, 15) is 4.79 Å². The van der Waals surface area contributed by atoms with Crippen molar-refractivity contribution in [1.29, 1.82) is 0 Å². The number of nitrogens with one attached hydrogen (secondary N) is 1. The largest absolute Gasteiger partial charge is 0.353 e. The highest BCUT2D eigenvalue weighted by atomic mass is 16.1. The smallest absolute Gasteiger partial charge is 0.222 e. The van der Waals surface area contributed by atoms with Crippen molar-refractivity contribution in [3.63, 3.8) is 0 Å². The van der Waals surface area contributed by atoms with Crippen LogP contribution in [-0.4, -0.2) is 11.9 Å². The summed E-state index contributed by atoms with van der Waals surface area (Å²) in [6, 6.07) is 8.48. The first kappa shape index (κ1) is 14.1. The lowest BCUT2D eigenvalue weighted by Gasteiger charge is -2.20. The van der Waals surface area contributed by atoms with Gasteiger partial charge in [-0.05, 0) is 29.4 Å². The molecule has 1 saturated carbocycles. The molecule has 104 valence electrons. The first-order valence-corrected chi connectivity index (χ1v) is 7.01. The van der Waals surface area contributed by atoms with Gasteiger partial charge < -0.3 is 11.1 Å². The predicted octanol–water partition coefficient (Wildman–Crippen LogP) is 2.65. The molecule has 1 aliphatic carbocycles. The molecule has 1 aromatic rings. The lowest BCUT2D eigenvalue weighted by molar-refractivity contribution is -0.121. The number of nitrogens with two attached hydrogens (primary N) is 1. The number of amides is 1. The Morgan fingerprint density at radius 2 is 1.89 bits per heavy atom. The van der Waals surface area contributed by atoms with Crippen LogP contribution in [0.2, 0.25) is 0 Å². The molecular formula is C16H24N2O. The van der Waals surface area contributed by atoms with Gasteiger partial charge in [-0.15, -0.1) is 0 Å².